The maximum atomic E-state index is 13.7. The molecule has 1 aromatic heterocycles. The minimum absolute atomic E-state index is 0.0366. The van der Waals surface area contributed by atoms with E-state index >= 15 is 0 Å². The smallest absolute Gasteiger partial charge is 0.276 e. The zero-order valence-electron chi connectivity index (χ0n) is 16.1. The maximum absolute atomic E-state index is 13.7. The molecule has 0 radical (unpaired) electrons. The highest BCUT2D eigenvalue weighted by Gasteiger charge is 2.26. The molecule has 4 rings (SSSR count). The zero-order chi connectivity index (χ0) is 21.1. The number of aromatic nitrogens is 2. The topological polar surface area (TPSA) is 78.1 Å². The summed E-state index contributed by atoms with van der Waals surface area (Å²) in [5, 5.41) is 10.1. The average Bonchev–Trinajstić information content (AvgIpc) is 3.25. The van der Waals surface area contributed by atoms with Crippen LogP contribution in [0.3, 0.4) is 0 Å². The number of hydrogen-bond donors (Lipinski definition) is 2. The quantitative estimate of drug-likeness (QED) is 0.645. The molecule has 1 aliphatic heterocycles. The van der Waals surface area contributed by atoms with E-state index in [2.05, 4.69) is 15.5 Å². The lowest BCUT2D eigenvalue weighted by Gasteiger charge is -2.31. The van der Waals surface area contributed by atoms with Crippen LogP contribution in [0.1, 0.15) is 45.3 Å². The number of likely N-dealkylation sites (tertiary alicyclic amines) is 1. The van der Waals surface area contributed by atoms with E-state index in [1.54, 1.807) is 42.5 Å². The average molecular weight is 427 g/mol. The third-order valence-electron chi connectivity index (χ3n) is 5.25. The Morgan fingerprint density at radius 3 is 2.60 bits per heavy atom. The first-order valence-corrected chi connectivity index (χ1v) is 10.0. The largest absolute Gasteiger partial charge is 0.339 e. The molecular weight excluding hydrogens is 407 g/mol. The molecule has 0 bridgehead atoms. The summed E-state index contributed by atoms with van der Waals surface area (Å²) < 4.78 is 13.7. The number of piperidine rings is 1. The number of carbonyl (C=O) groups is 2. The van der Waals surface area contributed by atoms with Crippen molar-refractivity contribution in [3.63, 3.8) is 0 Å². The number of anilines is 1. The summed E-state index contributed by atoms with van der Waals surface area (Å²) >= 11 is 5.98. The van der Waals surface area contributed by atoms with E-state index in [9.17, 15) is 14.0 Å². The van der Waals surface area contributed by atoms with Crippen molar-refractivity contribution < 1.29 is 14.0 Å². The van der Waals surface area contributed by atoms with Crippen LogP contribution >= 0.6 is 11.6 Å². The van der Waals surface area contributed by atoms with Crippen molar-refractivity contribution in [3.8, 4) is 0 Å². The van der Waals surface area contributed by atoms with E-state index in [0.717, 1.165) is 18.5 Å². The van der Waals surface area contributed by atoms with Gasteiger partial charge in [-0.15, -0.1) is 0 Å². The Morgan fingerprint density at radius 2 is 1.87 bits per heavy atom. The monoisotopic (exact) mass is 426 g/mol. The molecule has 0 unspecified atom stereocenters. The highest BCUT2D eigenvalue weighted by Crippen LogP contribution is 2.28. The van der Waals surface area contributed by atoms with Crippen LogP contribution in [-0.2, 0) is 0 Å². The summed E-state index contributed by atoms with van der Waals surface area (Å²) in [7, 11) is 0. The number of benzene rings is 2. The van der Waals surface area contributed by atoms with E-state index in [1.165, 1.54) is 12.1 Å². The highest BCUT2D eigenvalue weighted by atomic mass is 35.5. The second-order valence-corrected chi connectivity index (χ2v) is 7.66. The lowest BCUT2D eigenvalue weighted by molar-refractivity contribution is 0.0712. The van der Waals surface area contributed by atoms with E-state index in [1.807, 2.05) is 4.90 Å². The van der Waals surface area contributed by atoms with E-state index in [4.69, 9.17) is 11.6 Å². The van der Waals surface area contributed by atoms with Crippen LogP contribution < -0.4 is 5.32 Å². The van der Waals surface area contributed by atoms with Crippen molar-refractivity contribution in [3.05, 3.63) is 82.4 Å². The third kappa shape index (κ3) is 4.36. The number of nitrogens with one attached hydrogen (secondary N) is 2. The van der Waals surface area contributed by atoms with Crippen LogP contribution in [0, 0.1) is 5.82 Å². The van der Waals surface area contributed by atoms with Gasteiger partial charge < -0.3 is 10.2 Å². The molecule has 2 aromatic carbocycles. The van der Waals surface area contributed by atoms with E-state index < -0.39 is 11.7 Å². The summed E-state index contributed by atoms with van der Waals surface area (Å²) in [5.74, 6) is -0.851. The summed E-state index contributed by atoms with van der Waals surface area (Å²) in [4.78, 5) is 26.8. The fraction of sp³-hybridized carbons (Fsp3) is 0.227. The Labute approximate surface area is 178 Å². The second-order valence-electron chi connectivity index (χ2n) is 7.22. The summed E-state index contributed by atoms with van der Waals surface area (Å²) in [6.45, 7) is 1.21. The molecule has 1 fully saturated rings. The Hall–Kier alpha value is -3.19. The van der Waals surface area contributed by atoms with Gasteiger partial charge in [-0.25, -0.2) is 4.39 Å². The number of rotatable bonds is 4. The van der Waals surface area contributed by atoms with Crippen LogP contribution in [0.4, 0.5) is 10.1 Å². The van der Waals surface area contributed by atoms with Gasteiger partial charge in [0.2, 0.25) is 0 Å². The van der Waals surface area contributed by atoms with Gasteiger partial charge in [0.25, 0.3) is 11.8 Å². The SMILES string of the molecule is O=C(Nc1ccccc1F)c1cc(C2CCN(C(=O)c3cccc(Cl)c3)CC2)[nH]n1. The first kappa shape index (κ1) is 20.1. The number of para-hydroxylation sites is 1. The number of aromatic amines is 1. The minimum Gasteiger partial charge on any atom is -0.339 e. The zero-order valence-corrected chi connectivity index (χ0v) is 16.8. The molecule has 0 aliphatic carbocycles. The third-order valence-corrected chi connectivity index (χ3v) is 5.48. The molecular formula is C22H20ClFN4O2. The van der Waals surface area contributed by atoms with Crippen molar-refractivity contribution in [2.75, 3.05) is 18.4 Å². The number of amides is 2. The molecule has 3 aromatic rings. The fourth-order valence-corrected chi connectivity index (χ4v) is 3.80. The van der Waals surface area contributed by atoms with Crippen LogP contribution in [0.15, 0.2) is 54.6 Å². The molecule has 1 saturated heterocycles. The molecule has 0 atom stereocenters. The Balaban J connectivity index is 1.36. The van der Waals surface area contributed by atoms with Crippen LogP contribution in [0.5, 0.6) is 0 Å². The number of hydrogen-bond acceptors (Lipinski definition) is 3. The molecule has 154 valence electrons. The predicted octanol–water partition coefficient (Wildman–Crippen LogP) is 4.47. The van der Waals surface area contributed by atoms with Gasteiger partial charge in [-0.05, 0) is 49.2 Å². The van der Waals surface area contributed by atoms with E-state index in [0.29, 0.717) is 23.7 Å². The van der Waals surface area contributed by atoms with Crippen molar-refractivity contribution in [1.29, 1.82) is 0 Å². The van der Waals surface area contributed by atoms with Gasteiger partial charge in [-0.3, -0.25) is 14.7 Å². The standard InChI is InChI=1S/C22H20ClFN4O2/c23-16-5-3-4-15(12-16)22(30)28-10-8-14(9-11-28)19-13-20(27-26-19)21(29)25-18-7-2-1-6-17(18)24/h1-7,12-14H,8-11H2,(H,25,29)(H,26,27). The van der Waals surface area contributed by atoms with E-state index in [-0.39, 0.29) is 23.2 Å². The van der Waals surface area contributed by atoms with Gasteiger partial charge in [0, 0.05) is 35.3 Å². The number of H-pyrrole nitrogens is 1. The molecule has 0 saturated carbocycles. The van der Waals surface area contributed by atoms with Crippen molar-refractivity contribution in [2.24, 2.45) is 0 Å². The molecule has 2 amide bonds. The number of halogens is 2. The highest BCUT2D eigenvalue weighted by molar-refractivity contribution is 6.30. The van der Waals surface area contributed by atoms with Gasteiger partial charge in [-0.1, -0.05) is 29.8 Å². The number of nitrogens with zero attached hydrogens (tertiary/aromatic N) is 2. The van der Waals surface area contributed by atoms with Crippen molar-refractivity contribution in [2.45, 2.75) is 18.8 Å². The normalized spacial score (nSPS) is 14.5. The van der Waals surface area contributed by atoms with Crippen molar-refractivity contribution >= 4 is 29.1 Å². The molecule has 1 aliphatic rings. The van der Waals surface area contributed by atoms with Gasteiger partial charge in [0.05, 0.1) is 5.69 Å². The predicted molar refractivity (Wildman–Crippen MR) is 112 cm³/mol. The molecule has 30 heavy (non-hydrogen) atoms. The van der Waals surface area contributed by atoms with Gasteiger partial charge in [0.1, 0.15) is 5.82 Å². The lowest BCUT2D eigenvalue weighted by atomic mass is 9.93. The van der Waals surface area contributed by atoms with Crippen LogP contribution in [0.2, 0.25) is 5.02 Å². The molecule has 2 heterocycles. The number of carbonyl (C=O) groups excluding carboxylic acids is 2. The first-order valence-electron chi connectivity index (χ1n) is 9.67. The van der Waals surface area contributed by atoms with Gasteiger partial charge >= 0.3 is 0 Å². The van der Waals surface area contributed by atoms with Gasteiger partial charge in [0.15, 0.2) is 5.69 Å². The molecule has 0 spiro atoms. The summed E-state index contributed by atoms with van der Waals surface area (Å²) in [6, 6.07) is 14.6. The summed E-state index contributed by atoms with van der Waals surface area (Å²) in [5.41, 5.74) is 1.73. The van der Waals surface area contributed by atoms with Gasteiger partial charge in [-0.2, -0.15) is 5.10 Å². The first-order chi connectivity index (χ1) is 14.5. The van der Waals surface area contributed by atoms with Crippen molar-refractivity contribution in [1.82, 2.24) is 15.1 Å². The fourth-order valence-electron chi connectivity index (χ4n) is 3.61. The lowest BCUT2D eigenvalue weighted by Crippen LogP contribution is -2.38. The summed E-state index contributed by atoms with van der Waals surface area (Å²) in [6.07, 6.45) is 1.51. The molecule has 6 nitrogen and oxygen atoms in total. The Bertz CT molecular complexity index is 1080. The minimum atomic E-state index is -0.502. The maximum Gasteiger partial charge on any atom is 0.276 e. The van der Waals surface area contributed by atoms with Crippen LogP contribution in [-0.4, -0.2) is 40.0 Å². The Morgan fingerprint density at radius 1 is 1.10 bits per heavy atom. The molecule has 8 heteroatoms. The molecule has 2 N–H and O–H groups in total. The Kier molecular flexibility index (Phi) is 5.81. The van der Waals surface area contributed by atoms with Crippen LogP contribution in [0.25, 0.3) is 0 Å². The second kappa shape index (κ2) is 8.67.